The lowest BCUT2D eigenvalue weighted by Crippen LogP contribution is -2.32. The molecule has 2 N–H and O–H groups in total. The lowest BCUT2D eigenvalue weighted by Gasteiger charge is -2.13. The predicted octanol–water partition coefficient (Wildman–Crippen LogP) is 3.62. The van der Waals surface area contributed by atoms with E-state index in [4.69, 9.17) is 11.6 Å². The number of rotatable bonds is 2. The summed E-state index contributed by atoms with van der Waals surface area (Å²) in [6.07, 6.45) is 0.700. The molecule has 2 aromatic carbocycles. The number of anilines is 2. The van der Waals surface area contributed by atoms with Gasteiger partial charge in [-0.2, -0.15) is 0 Å². The van der Waals surface area contributed by atoms with E-state index in [9.17, 15) is 4.79 Å². The lowest BCUT2D eigenvalue weighted by atomic mass is 10.1. The number of hydrogen-bond donors (Lipinski definition) is 2. The average Bonchev–Trinajstić information content (AvgIpc) is 2.86. The van der Waals surface area contributed by atoms with Crippen molar-refractivity contribution in [1.29, 1.82) is 0 Å². The summed E-state index contributed by atoms with van der Waals surface area (Å²) in [7, 11) is 0. The van der Waals surface area contributed by atoms with Crippen LogP contribution in [0.15, 0.2) is 42.5 Å². The molecule has 0 saturated heterocycles. The van der Waals surface area contributed by atoms with Gasteiger partial charge >= 0.3 is 0 Å². The first kappa shape index (κ1) is 13.0. The highest BCUT2D eigenvalue weighted by Gasteiger charge is 2.26. The Hall–Kier alpha value is -2.00. The van der Waals surface area contributed by atoms with E-state index in [0.717, 1.165) is 11.3 Å². The zero-order valence-corrected chi connectivity index (χ0v) is 11.9. The maximum Gasteiger partial charge on any atom is 0.247 e. The minimum Gasteiger partial charge on any atom is -0.373 e. The third-order valence-electron chi connectivity index (χ3n) is 3.47. The largest absolute Gasteiger partial charge is 0.373 e. The van der Waals surface area contributed by atoms with Crippen molar-refractivity contribution in [3.8, 4) is 0 Å². The van der Waals surface area contributed by atoms with Crippen molar-refractivity contribution in [2.45, 2.75) is 19.4 Å². The monoisotopic (exact) mass is 286 g/mol. The summed E-state index contributed by atoms with van der Waals surface area (Å²) >= 11 is 6.13. The van der Waals surface area contributed by atoms with Crippen LogP contribution in [0.2, 0.25) is 5.02 Å². The van der Waals surface area contributed by atoms with E-state index >= 15 is 0 Å². The highest BCUT2D eigenvalue weighted by atomic mass is 35.5. The molecule has 3 nitrogen and oxygen atoms in total. The van der Waals surface area contributed by atoms with Gasteiger partial charge in [-0.05, 0) is 36.2 Å². The second-order valence-electron chi connectivity index (χ2n) is 5.03. The molecule has 0 radical (unpaired) electrons. The fourth-order valence-corrected chi connectivity index (χ4v) is 2.68. The van der Waals surface area contributed by atoms with Crippen LogP contribution in [0.25, 0.3) is 0 Å². The number of carbonyl (C=O) groups is 1. The molecule has 3 rings (SSSR count). The van der Waals surface area contributed by atoms with Crippen LogP contribution in [0.5, 0.6) is 0 Å². The van der Waals surface area contributed by atoms with Crippen LogP contribution in [0.3, 0.4) is 0 Å². The summed E-state index contributed by atoms with van der Waals surface area (Å²) in [5.41, 5.74) is 3.92. The van der Waals surface area contributed by atoms with Gasteiger partial charge in [-0.25, -0.2) is 0 Å². The molecule has 0 bridgehead atoms. The molecule has 1 amide bonds. The van der Waals surface area contributed by atoms with Crippen LogP contribution in [0, 0.1) is 6.92 Å². The first-order valence-electron chi connectivity index (χ1n) is 6.55. The van der Waals surface area contributed by atoms with Gasteiger partial charge in [0.1, 0.15) is 6.04 Å². The van der Waals surface area contributed by atoms with E-state index in [2.05, 4.69) is 10.6 Å². The molecular weight excluding hydrogens is 272 g/mol. The molecule has 1 aliphatic rings. The van der Waals surface area contributed by atoms with Gasteiger partial charge in [-0.15, -0.1) is 0 Å². The Balaban J connectivity index is 1.72. The number of aryl methyl sites for hydroxylation is 1. The van der Waals surface area contributed by atoms with Crippen molar-refractivity contribution in [2.75, 3.05) is 10.6 Å². The lowest BCUT2D eigenvalue weighted by molar-refractivity contribution is -0.116. The smallest absolute Gasteiger partial charge is 0.247 e. The number of amides is 1. The number of nitrogens with one attached hydrogen (secondary N) is 2. The van der Waals surface area contributed by atoms with Gasteiger partial charge < -0.3 is 10.6 Å². The third kappa shape index (κ3) is 2.49. The van der Waals surface area contributed by atoms with Crippen molar-refractivity contribution in [2.24, 2.45) is 0 Å². The van der Waals surface area contributed by atoms with Crippen LogP contribution in [-0.2, 0) is 11.2 Å². The van der Waals surface area contributed by atoms with Crippen molar-refractivity contribution < 1.29 is 4.79 Å². The molecule has 0 saturated carbocycles. The topological polar surface area (TPSA) is 41.1 Å². The molecule has 0 spiro atoms. The molecule has 4 heteroatoms. The summed E-state index contributed by atoms with van der Waals surface area (Å²) in [6.45, 7) is 1.96. The molecule has 1 atom stereocenters. The Kier molecular flexibility index (Phi) is 3.36. The Morgan fingerprint density at radius 1 is 1.30 bits per heavy atom. The predicted molar refractivity (Wildman–Crippen MR) is 82.4 cm³/mol. The van der Waals surface area contributed by atoms with Gasteiger partial charge in [0.15, 0.2) is 0 Å². The molecule has 1 aliphatic heterocycles. The number of hydrogen-bond acceptors (Lipinski definition) is 2. The van der Waals surface area contributed by atoms with Crippen molar-refractivity contribution in [3.63, 3.8) is 0 Å². The zero-order valence-electron chi connectivity index (χ0n) is 11.1. The first-order chi connectivity index (χ1) is 9.63. The Labute approximate surface area is 123 Å². The van der Waals surface area contributed by atoms with E-state index in [-0.39, 0.29) is 11.9 Å². The zero-order chi connectivity index (χ0) is 14.1. The maximum absolute atomic E-state index is 12.3. The molecule has 2 aromatic rings. The van der Waals surface area contributed by atoms with Gasteiger partial charge in [0.25, 0.3) is 0 Å². The summed E-state index contributed by atoms with van der Waals surface area (Å²) < 4.78 is 0. The third-order valence-corrected chi connectivity index (χ3v) is 3.78. The highest BCUT2D eigenvalue weighted by molar-refractivity contribution is 6.33. The molecule has 1 unspecified atom stereocenters. The number of halogens is 1. The Morgan fingerprint density at radius 3 is 2.85 bits per heavy atom. The second kappa shape index (κ2) is 5.17. The van der Waals surface area contributed by atoms with Crippen molar-refractivity contribution >= 4 is 28.9 Å². The maximum atomic E-state index is 12.3. The average molecular weight is 287 g/mol. The van der Waals surface area contributed by atoms with E-state index < -0.39 is 0 Å². The van der Waals surface area contributed by atoms with E-state index in [1.807, 2.05) is 49.4 Å². The van der Waals surface area contributed by atoms with E-state index in [1.165, 1.54) is 5.56 Å². The minimum absolute atomic E-state index is 0.0630. The fourth-order valence-electron chi connectivity index (χ4n) is 2.40. The van der Waals surface area contributed by atoms with Crippen molar-refractivity contribution in [1.82, 2.24) is 0 Å². The molecule has 0 aliphatic carbocycles. The number of benzene rings is 2. The van der Waals surface area contributed by atoms with Crippen LogP contribution in [0.4, 0.5) is 11.4 Å². The van der Waals surface area contributed by atoms with Gasteiger partial charge in [0.05, 0.1) is 10.7 Å². The number of carbonyl (C=O) groups excluding carboxylic acids is 1. The van der Waals surface area contributed by atoms with Gasteiger partial charge in [0.2, 0.25) is 5.91 Å². The summed E-state index contributed by atoms with van der Waals surface area (Å²) in [4.78, 5) is 12.3. The van der Waals surface area contributed by atoms with E-state index in [0.29, 0.717) is 17.1 Å². The second-order valence-corrected chi connectivity index (χ2v) is 5.44. The SMILES string of the molecule is Cc1ccc(NC(=O)C2Cc3ccccc3N2)c(Cl)c1. The molecule has 0 fully saturated rings. The Morgan fingerprint density at radius 2 is 2.10 bits per heavy atom. The van der Waals surface area contributed by atoms with Crippen LogP contribution >= 0.6 is 11.6 Å². The quantitative estimate of drug-likeness (QED) is 0.885. The molecular formula is C16H15ClN2O. The molecule has 102 valence electrons. The van der Waals surface area contributed by atoms with Gasteiger partial charge in [-0.3, -0.25) is 4.79 Å². The van der Waals surface area contributed by atoms with Gasteiger partial charge in [0, 0.05) is 12.1 Å². The summed E-state index contributed by atoms with van der Waals surface area (Å²) in [5, 5.41) is 6.67. The van der Waals surface area contributed by atoms with Crippen LogP contribution < -0.4 is 10.6 Å². The number of fused-ring (bicyclic) bond motifs is 1. The van der Waals surface area contributed by atoms with Gasteiger partial charge in [-0.1, -0.05) is 35.9 Å². The minimum atomic E-state index is -0.246. The molecule has 1 heterocycles. The summed E-state index contributed by atoms with van der Waals surface area (Å²) in [5.74, 6) is -0.0630. The first-order valence-corrected chi connectivity index (χ1v) is 6.93. The van der Waals surface area contributed by atoms with Crippen LogP contribution in [0.1, 0.15) is 11.1 Å². The van der Waals surface area contributed by atoms with E-state index in [1.54, 1.807) is 0 Å². The fraction of sp³-hybridized carbons (Fsp3) is 0.188. The highest BCUT2D eigenvalue weighted by Crippen LogP contribution is 2.27. The Bertz CT molecular complexity index is 644. The summed E-state index contributed by atoms with van der Waals surface area (Å²) in [6, 6.07) is 13.3. The molecule has 20 heavy (non-hydrogen) atoms. The van der Waals surface area contributed by atoms with Crippen molar-refractivity contribution in [3.05, 3.63) is 58.6 Å². The molecule has 0 aromatic heterocycles. The normalized spacial score (nSPS) is 16.4. The standard InChI is InChI=1S/C16H15ClN2O/c1-10-6-7-14(12(17)8-10)19-16(20)15-9-11-4-2-3-5-13(11)18-15/h2-8,15,18H,9H2,1H3,(H,19,20). The van der Waals surface area contributed by atoms with Crippen LogP contribution in [-0.4, -0.2) is 11.9 Å². The number of para-hydroxylation sites is 1.